The SMILES string of the molecule is CC(C)COc1ccc(Cl)cc1Cc1cccc(-c2nc3c(cnc4ccccc43)[nH]2)n1.Cl. The Hall–Kier alpha value is -3.15. The molecule has 3 heterocycles. The minimum Gasteiger partial charge on any atom is -0.493 e. The van der Waals surface area contributed by atoms with Crippen molar-refractivity contribution < 1.29 is 4.74 Å². The van der Waals surface area contributed by atoms with Crippen LogP contribution in [0.25, 0.3) is 33.5 Å². The van der Waals surface area contributed by atoms with Crippen LogP contribution in [0.5, 0.6) is 5.75 Å². The number of aromatic amines is 1. The fourth-order valence-corrected chi connectivity index (χ4v) is 3.91. The number of imidazole rings is 1. The van der Waals surface area contributed by atoms with Crippen LogP contribution in [0, 0.1) is 5.92 Å². The first-order valence-electron chi connectivity index (χ1n) is 10.7. The van der Waals surface area contributed by atoms with Crippen molar-refractivity contribution in [2.24, 2.45) is 5.92 Å². The quantitative estimate of drug-likeness (QED) is 0.289. The van der Waals surface area contributed by atoms with Gasteiger partial charge in [-0.25, -0.2) is 9.97 Å². The van der Waals surface area contributed by atoms with Crippen LogP contribution >= 0.6 is 24.0 Å². The molecule has 0 fully saturated rings. The van der Waals surface area contributed by atoms with Crippen LogP contribution < -0.4 is 4.74 Å². The molecular weight excluding hydrogens is 455 g/mol. The third-order valence-corrected chi connectivity index (χ3v) is 5.47. The highest BCUT2D eigenvalue weighted by atomic mass is 35.5. The van der Waals surface area contributed by atoms with Crippen molar-refractivity contribution in [1.82, 2.24) is 19.9 Å². The van der Waals surface area contributed by atoms with Crippen LogP contribution in [-0.4, -0.2) is 26.5 Å². The van der Waals surface area contributed by atoms with E-state index >= 15 is 0 Å². The zero-order valence-electron chi connectivity index (χ0n) is 18.4. The number of para-hydroxylation sites is 1. The number of nitrogens with zero attached hydrogens (tertiary/aromatic N) is 3. The van der Waals surface area contributed by atoms with Gasteiger partial charge < -0.3 is 9.72 Å². The molecule has 168 valence electrons. The van der Waals surface area contributed by atoms with Crippen LogP contribution in [0.15, 0.2) is 66.9 Å². The van der Waals surface area contributed by atoms with Gasteiger partial charge in [0, 0.05) is 28.1 Å². The maximum absolute atomic E-state index is 6.27. The van der Waals surface area contributed by atoms with Gasteiger partial charge in [-0.05, 0) is 42.3 Å². The number of halogens is 2. The van der Waals surface area contributed by atoms with E-state index in [1.165, 1.54) is 0 Å². The number of aromatic nitrogens is 4. The summed E-state index contributed by atoms with van der Waals surface area (Å²) in [5, 5.41) is 1.71. The fourth-order valence-electron chi connectivity index (χ4n) is 3.72. The molecule has 7 heteroatoms. The van der Waals surface area contributed by atoms with E-state index in [-0.39, 0.29) is 12.4 Å². The van der Waals surface area contributed by atoms with E-state index in [2.05, 4.69) is 23.8 Å². The summed E-state index contributed by atoms with van der Waals surface area (Å²) in [4.78, 5) is 17.6. The maximum Gasteiger partial charge on any atom is 0.157 e. The summed E-state index contributed by atoms with van der Waals surface area (Å²) < 4.78 is 6.01. The number of benzene rings is 2. The van der Waals surface area contributed by atoms with Crippen LogP contribution in [-0.2, 0) is 6.42 Å². The molecule has 0 atom stereocenters. The molecular formula is C26H24Cl2N4O. The number of hydrogen-bond donors (Lipinski definition) is 1. The van der Waals surface area contributed by atoms with Gasteiger partial charge in [0.1, 0.15) is 17.0 Å². The van der Waals surface area contributed by atoms with Gasteiger partial charge in [0.2, 0.25) is 0 Å². The molecule has 0 saturated carbocycles. The van der Waals surface area contributed by atoms with E-state index in [1.54, 1.807) is 0 Å². The Morgan fingerprint density at radius 3 is 2.70 bits per heavy atom. The van der Waals surface area contributed by atoms with Crippen molar-refractivity contribution in [3.63, 3.8) is 0 Å². The Kier molecular flexibility index (Phi) is 6.82. The normalized spacial score (nSPS) is 11.2. The average Bonchev–Trinajstić information content (AvgIpc) is 3.24. The summed E-state index contributed by atoms with van der Waals surface area (Å²) in [6.07, 6.45) is 2.44. The highest BCUT2D eigenvalue weighted by Crippen LogP contribution is 2.28. The lowest BCUT2D eigenvalue weighted by atomic mass is 10.1. The topological polar surface area (TPSA) is 63.7 Å². The first-order valence-corrected chi connectivity index (χ1v) is 11.1. The number of hydrogen-bond acceptors (Lipinski definition) is 4. The molecule has 2 aromatic carbocycles. The summed E-state index contributed by atoms with van der Waals surface area (Å²) in [5.74, 6) is 2.01. The zero-order valence-corrected chi connectivity index (χ0v) is 20.0. The molecule has 0 aliphatic heterocycles. The van der Waals surface area contributed by atoms with E-state index in [4.69, 9.17) is 26.3 Å². The molecule has 5 rings (SSSR count). The molecule has 0 bridgehead atoms. The molecule has 0 aliphatic carbocycles. The lowest BCUT2D eigenvalue weighted by molar-refractivity contribution is 0.269. The number of rotatable bonds is 6. The minimum absolute atomic E-state index is 0. The monoisotopic (exact) mass is 478 g/mol. The van der Waals surface area contributed by atoms with Crippen molar-refractivity contribution in [2.45, 2.75) is 20.3 Å². The number of pyridine rings is 2. The smallest absolute Gasteiger partial charge is 0.157 e. The van der Waals surface area contributed by atoms with E-state index in [1.807, 2.05) is 66.9 Å². The average molecular weight is 479 g/mol. The highest BCUT2D eigenvalue weighted by Gasteiger charge is 2.12. The first-order chi connectivity index (χ1) is 15.6. The van der Waals surface area contributed by atoms with Crippen molar-refractivity contribution in [3.8, 4) is 17.3 Å². The molecule has 1 N–H and O–H groups in total. The second kappa shape index (κ2) is 9.77. The first kappa shape index (κ1) is 23.0. The Labute approximate surface area is 203 Å². The molecule has 0 saturated heterocycles. The molecule has 5 aromatic rings. The largest absolute Gasteiger partial charge is 0.493 e. The predicted octanol–water partition coefficient (Wildman–Crippen LogP) is 6.87. The molecule has 0 radical (unpaired) electrons. The number of nitrogens with one attached hydrogen (secondary N) is 1. The van der Waals surface area contributed by atoms with Gasteiger partial charge in [-0.2, -0.15) is 0 Å². The molecule has 0 unspecified atom stereocenters. The van der Waals surface area contributed by atoms with Gasteiger partial charge in [-0.3, -0.25) is 4.98 Å². The molecule has 3 aromatic heterocycles. The summed E-state index contributed by atoms with van der Waals surface area (Å²) >= 11 is 6.27. The standard InChI is InChI=1S/C26H23ClN4O.ClH/c1-16(2)15-32-24-11-10-18(27)12-17(24)13-19-6-5-9-22(29-19)26-30-23-14-28-21-8-4-3-7-20(21)25(23)31-26;/h3-12,14,16H,13,15H2,1-2H3,(H,30,31);1H. The van der Waals surface area contributed by atoms with Crippen molar-refractivity contribution in [1.29, 1.82) is 0 Å². The zero-order chi connectivity index (χ0) is 22.1. The van der Waals surface area contributed by atoms with Gasteiger partial charge in [0.15, 0.2) is 5.82 Å². The van der Waals surface area contributed by atoms with Crippen LogP contribution in [0.2, 0.25) is 5.02 Å². The van der Waals surface area contributed by atoms with Crippen LogP contribution in [0.1, 0.15) is 25.1 Å². The van der Waals surface area contributed by atoms with Crippen LogP contribution in [0.3, 0.4) is 0 Å². The number of H-pyrrole nitrogens is 1. The van der Waals surface area contributed by atoms with E-state index < -0.39 is 0 Å². The van der Waals surface area contributed by atoms with Crippen LogP contribution in [0.4, 0.5) is 0 Å². The fraction of sp³-hybridized carbons (Fsp3) is 0.192. The van der Waals surface area contributed by atoms with E-state index in [9.17, 15) is 0 Å². The summed E-state index contributed by atoms with van der Waals surface area (Å²) in [6, 6.07) is 19.7. The molecule has 0 spiro atoms. The molecule has 33 heavy (non-hydrogen) atoms. The number of ether oxygens (including phenoxy) is 1. The minimum atomic E-state index is 0. The maximum atomic E-state index is 6.27. The number of fused-ring (bicyclic) bond motifs is 3. The van der Waals surface area contributed by atoms with Gasteiger partial charge in [-0.15, -0.1) is 12.4 Å². The third-order valence-electron chi connectivity index (χ3n) is 5.24. The lowest BCUT2D eigenvalue weighted by Crippen LogP contribution is -2.06. The Balaban J connectivity index is 0.00000259. The Morgan fingerprint density at radius 2 is 1.85 bits per heavy atom. The third kappa shape index (κ3) is 4.95. The summed E-state index contributed by atoms with van der Waals surface area (Å²) in [5.41, 5.74) is 5.44. The van der Waals surface area contributed by atoms with E-state index in [0.717, 1.165) is 50.5 Å². The van der Waals surface area contributed by atoms with Crippen molar-refractivity contribution >= 4 is 45.9 Å². The predicted molar refractivity (Wildman–Crippen MR) is 136 cm³/mol. The van der Waals surface area contributed by atoms with Gasteiger partial charge >= 0.3 is 0 Å². The Morgan fingerprint density at radius 1 is 1.00 bits per heavy atom. The summed E-state index contributed by atoms with van der Waals surface area (Å²) in [6.45, 7) is 4.92. The Bertz CT molecular complexity index is 1410. The van der Waals surface area contributed by atoms with Gasteiger partial charge in [0.25, 0.3) is 0 Å². The molecule has 0 aliphatic rings. The summed E-state index contributed by atoms with van der Waals surface area (Å²) in [7, 11) is 0. The van der Waals surface area contributed by atoms with Gasteiger partial charge in [0.05, 0.1) is 23.8 Å². The van der Waals surface area contributed by atoms with Crippen molar-refractivity contribution in [3.05, 3.63) is 83.1 Å². The second-order valence-electron chi connectivity index (χ2n) is 8.27. The highest BCUT2D eigenvalue weighted by molar-refractivity contribution is 6.30. The van der Waals surface area contributed by atoms with Crippen molar-refractivity contribution in [2.75, 3.05) is 6.61 Å². The van der Waals surface area contributed by atoms with E-state index in [0.29, 0.717) is 24.0 Å². The second-order valence-corrected chi connectivity index (χ2v) is 8.71. The van der Waals surface area contributed by atoms with Gasteiger partial charge in [-0.1, -0.05) is 49.7 Å². The molecule has 0 amide bonds. The molecule has 5 nitrogen and oxygen atoms in total. The lowest BCUT2D eigenvalue weighted by Gasteiger charge is -2.13.